The molecule has 6 heteroatoms. The van der Waals surface area contributed by atoms with Gasteiger partial charge in [-0.25, -0.2) is 4.98 Å². The predicted octanol–water partition coefficient (Wildman–Crippen LogP) is 3.48. The van der Waals surface area contributed by atoms with Gasteiger partial charge in [0.2, 0.25) is 5.91 Å². The van der Waals surface area contributed by atoms with Gasteiger partial charge in [0.25, 0.3) is 0 Å². The number of amides is 1. The Morgan fingerprint density at radius 3 is 2.63 bits per heavy atom. The van der Waals surface area contributed by atoms with Crippen LogP contribution in [0.25, 0.3) is 0 Å². The summed E-state index contributed by atoms with van der Waals surface area (Å²) in [6.45, 7) is 0.212. The Hall–Kier alpha value is -1.78. The van der Waals surface area contributed by atoms with Crippen LogP contribution in [0.5, 0.6) is 0 Å². The highest BCUT2D eigenvalue weighted by Gasteiger charge is 2.24. The molecule has 1 aromatic heterocycles. The Morgan fingerprint density at radius 2 is 1.89 bits per heavy atom. The van der Waals surface area contributed by atoms with E-state index in [4.69, 9.17) is 23.2 Å². The van der Waals surface area contributed by atoms with Gasteiger partial charge >= 0.3 is 0 Å². The molecule has 0 bridgehead atoms. The molecule has 1 aromatic carbocycles. The maximum atomic E-state index is 11.7. The monoisotopic (exact) mass is 293 g/mol. The zero-order valence-electron chi connectivity index (χ0n) is 9.73. The van der Waals surface area contributed by atoms with Gasteiger partial charge in [-0.1, -0.05) is 23.2 Å². The van der Waals surface area contributed by atoms with Crippen molar-refractivity contribution < 1.29 is 4.79 Å². The van der Waals surface area contributed by atoms with E-state index < -0.39 is 0 Å². The summed E-state index contributed by atoms with van der Waals surface area (Å²) >= 11 is 11.8. The second-order valence-electron chi connectivity index (χ2n) is 4.14. The van der Waals surface area contributed by atoms with E-state index in [0.717, 1.165) is 5.69 Å². The summed E-state index contributed by atoms with van der Waals surface area (Å²) in [7, 11) is 0. The van der Waals surface area contributed by atoms with E-state index in [-0.39, 0.29) is 12.5 Å². The van der Waals surface area contributed by atoms with Gasteiger partial charge in [0.05, 0.1) is 10.7 Å². The van der Waals surface area contributed by atoms with Gasteiger partial charge < -0.3 is 10.2 Å². The first-order valence-electron chi connectivity index (χ1n) is 5.62. The standard InChI is InChI=1S/C13H9Cl2N3O/c14-8-1-3-10(4-2-8)18-7-12(19)17-11-5-9(15)6-16-13(11)18/h1-6H,7H2,(H,17,19). The highest BCUT2D eigenvalue weighted by Crippen LogP contribution is 2.34. The van der Waals surface area contributed by atoms with Crippen LogP contribution in [0.3, 0.4) is 0 Å². The second-order valence-corrected chi connectivity index (χ2v) is 5.01. The average molecular weight is 294 g/mol. The summed E-state index contributed by atoms with van der Waals surface area (Å²) in [6.07, 6.45) is 1.56. The van der Waals surface area contributed by atoms with Gasteiger partial charge in [-0.3, -0.25) is 4.79 Å². The Kier molecular flexibility index (Phi) is 3.05. The topological polar surface area (TPSA) is 45.2 Å². The van der Waals surface area contributed by atoms with Gasteiger partial charge in [-0.15, -0.1) is 0 Å². The van der Waals surface area contributed by atoms with Crippen molar-refractivity contribution in [3.05, 3.63) is 46.6 Å². The quantitative estimate of drug-likeness (QED) is 0.875. The van der Waals surface area contributed by atoms with E-state index in [1.807, 2.05) is 17.0 Å². The third-order valence-electron chi connectivity index (χ3n) is 2.80. The second kappa shape index (κ2) is 4.72. The lowest BCUT2D eigenvalue weighted by Gasteiger charge is -2.29. The van der Waals surface area contributed by atoms with Gasteiger partial charge in [-0.2, -0.15) is 0 Å². The van der Waals surface area contributed by atoms with Crippen LogP contribution in [0.1, 0.15) is 0 Å². The highest BCUT2D eigenvalue weighted by molar-refractivity contribution is 6.31. The fraction of sp³-hybridized carbons (Fsp3) is 0.0769. The Bertz CT molecular complexity index is 643. The molecule has 3 rings (SSSR count). The van der Waals surface area contributed by atoms with Crippen LogP contribution in [0, 0.1) is 0 Å². The number of nitrogens with zero attached hydrogens (tertiary/aromatic N) is 2. The summed E-state index contributed by atoms with van der Waals surface area (Å²) < 4.78 is 0. The minimum Gasteiger partial charge on any atom is -0.321 e. The van der Waals surface area contributed by atoms with Crippen LogP contribution in [-0.4, -0.2) is 17.4 Å². The zero-order valence-corrected chi connectivity index (χ0v) is 11.2. The third kappa shape index (κ3) is 2.37. The van der Waals surface area contributed by atoms with E-state index in [1.54, 1.807) is 24.4 Å². The number of hydrogen-bond acceptors (Lipinski definition) is 3. The number of aromatic nitrogens is 1. The van der Waals surface area contributed by atoms with Crippen molar-refractivity contribution in [1.29, 1.82) is 0 Å². The predicted molar refractivity (Wildman–Crippen MR) is 76.3 cm³/mol. The minimum absolute atomic E-state index is 0.105. The van der Waals surface area contributed by atoms with E-state index in [9.17, 15) is 4.79 Å². The van der Waals surface area contributed by atoms with E-state index in [2.05, 4.69) is 10.3 Å². The summed E-state index contributed by atoms with van der Waals surface area (Å²) in [5.74, 6) is 0.567. The fourth-order valence-electron chi connectivity index (χ4n) is 1.98. The molecule has 0 atom stereocenters. The molecule has 0 spiro atoms. The van der Waals surface area contributed by atoms with Crippen LogP contribution in [0.15, 0.2) is 36.5 Å². The SMILES string of the molecule is O=C1CN(c2ccc(Cl)cc2)c2ncc(Cl)cc2N1. The number of rotatable bonds is 1. The van der Waals surface area contributed by atoms with E-state index >= 15 is 0 Å². The van der Waals surface area contributed by atoms with Crippen molar-refractivity contribution in [2.24, 2.45) is 0 Å². The van der Waals surface area contributed by atoms with E-state index in [1.165, 1.54) is 0 Å². The highest BCUT2D eigenvalue weighted by atomic mass is 35.5. The number of carbonyl (C=O) groups is 1. The lowest BCUT2D eigenvalue weighted by molar-refractivity contribution is -0.115. The van der Waals surface area contributed by atoms with Gasteiger partial charge in [0.15, 0.2) is 5.82 Å². The lowest BCUT2D eigenvalue weighted by atomic mass is 10.2. The molecule has 1 aliphatic heterocycles. The summed E-state index contributed by atoms with van der Waals surface area (Å²) in [5, 5.41) is 3.89. The fourth-order valence-corrected chi connectivity index (χ4v) is 2.27. The maximum Gasteiger partial charge on any atom is 0.244 e. The molecule has 19 heavy (non-hydrogen) atoms. The molecule has 0 fully saturated rings. The van der Waals surface area contributed by atoms with Crippen LogP contribution in [-0.2, 0) is 4.79 Å². The normalized spacial score (nSPS) is 14.0. The molecule has 2 heterocycles. The van der Waals surface area contributed by atoms with Gasteiger partial charge in [-0.05, 0) is 30.3 Å². The summed E-state index contributed by atoms with van der Waals surface area (Å²) in [6, 6.07) is 8.93. The average Bonchev–Trinajstić information content (AvgIpc) is 2.38. The van der Waals surface area contributed by atoms with Crippen molar-refractivity contribution in [1.82, 2.24) is 4.98 Å². The number of carbonyl (C=O) groups excluding carboxylic acids is 1. The number of anilines is 3. The first kappa shape index (κ1) is 12.3. The van der Waals surface area contributed by atoms with Crippen molar-refractivity contribution >= 4 is 46.3 Å². The van der Waals surface area contributed by atoms with Crippen molar-refractivity contribution in [3.63, 3.8) is 0 Å². The summed E-state index contributed by atoms with van der Waals surface area (Å²) in [4.78, 5) is 17.8. The summed E-state index contributed by atoms with van der Waals surface area (Å²) in [5.41, 5.74) is 1.47. The minimum atomic E-state index is -0.105. The van der Waals surface area contributed by atoms with Crippen LogP contribution in [0.2, 0.25) is 10.0 Å². The van der Waals surface area contributed by atoms with Crippen molar-refractivity contribution in [2.45, 2.75) is 0 Å². The molecule has 4 nitrogen and oxygen atoms in total. The number of benzene rings is 1. The molecule has 1 N–H and O–H groups in total. The molecule has 96 valence electrons. The molecule has 0 aliphatic carbocycles. The molecule has 0 saturated heterocycles. The third-order valence-corrected chi connectivity index (χ3v) is 3.26. The van der Waals surface area contributed by atoms with Crippen LogP contribution >= 0.6 is 23.2 Å². The zero-order chi connectivity index (χ0) is 13.4. The molecule has 2 aromatic rings. The molecular formula is C13H9Cl2N3O. The molecule has 1 aliphatic rings. The van der Waals surface area contributed by atoms with Crippen molar-refractivity contribution in [3.8, 4) is 0 Å². The Labute approximate surface area is 120 Å². The van der Waals surface area contributed by atoms with Crippen LogP contribution < -0.4 is 10.2 Å². The number of halogens is 2. The molecular weight excluding hydrogens is 285 g/mol. The Morgan fingerprint density at radius 1 is 1.16 bits per heavy atom. The smallest absolute Gasteiger partial charge is 0.244 e. The first-order chi connectivity index (χ1) is 9.13. The van der Waals surface area contributed by atoms with Crippen LogP contribution in [0.4, 0.5) is 17.2 Å². The maximum absolute atomic E-state index is 11.7. The number of nitrogens with one attached hydrogen (secondary N) is 1. The number of fused-ring (bicyclic) bond motifs is 1. The first-order valence-corrected chi connectivity index (χ1v) is 6.37. The molecule has 1 amide bonds. The van der Waals surface area contributed by atoms with E-state index in [0.29, 0.717) is 21.6 Å². The Balaban J connectivity index is 2.08. The molecule has 0 radical (unpaired) electrons. The van der Waals surface area contributed by atoms with Crippen molar-refractivity contribution in [2.75, 3.05) is 16.8 Å². The van der Waals surface area contributed by atoms with Gasteiger partial charge in [0, 0.05) is 16.9 Å². The van der Waals surface area contributed by atoms with Gasteiger partial charge in [0.1, 0.15) is 6.54 Å². The number of hydrogen-bond donors (Lipinski definition) is 1. The largest absolute Gasteiger partial charge is 0.321 e. The molecule has 0 unspecified atom stereocenters. The number of pyridine rings is 1. The molecule has 0 saturated carbocycles. The lowest BCUT2D eigenvalue weighted by Crippen LogP contribution is -2.35.